The maximum absolute atomic E-state index is 6.10. The molecule has 1 aliphatic carbocycles. The lowest BCUT2D eigenvalue weighted by atomic mass is 9.71. The molecule has 2 rings (SSSR count). The van der Waals surface area contributed by atoms with Gasteiger partial charge in [0, 0.05) is 0 Å². The molecule has 0 bridgehead atoms. The highest BCUT2D eigenvalue weighted by atomic mass is 15.1. The van der Waals surface area contributed by atoms with Crippen LogP contribution < -0.4 is 5.73 Å². The van der Waals surface area contributed by atoms with Crippen molar-refractivity contribution in [1.82, 2.24) is 4.90 Å². The number of piperidine rings is 1. The van der Waals surface area contributed by atoms with Crippen LogP contribution in [0.15, 0.2) is 0 Å². The van der Waals surface area contributed by atoms with Crippen LogP contribution >= 0.6 is 0 Å². The lowest BCUT2D eigenvalue weighted by molar-refractivity contribution is 0.0888. The Bertz CT molecular complexity index is 260. The van der Waals surface area contributed by atoms with Crippen molar-refractivity contribution in [3.8, 4) is 0 Å². The van der Waals surface area contributed by atoms with Crippen LogP contribution in [0.3, 0.4) is 0 Å². The second-order valence-electron chi connectivity index (χ2n) is 7.52. The molecular formula is C17H34N2. The summed E-state index contributed by atoms with van der Waals surface area (Å²) in [4.78, 5) is 2.70. The minimum absolute atomic E-state index is 0.490. The minimum Gasteiger partial charge on any atom is -0.330 e. The summed E-state index contributed by atoms with van der Waals surface area (Å²) in [5, 5.41) is 0. The normalized spacial score (nSPS) is 27.3. The largest absolute Gasteiger partial charge is 0.330 e. The summed E-state index contributed by atoms with van der Waals surface area (Å²) >= 11 is 0. The third-order valence-electron chi connectivity index (χ3n) is 6.22. The predicted octanol–water partition coefficient (Wildman–Crippen LogP) is 3.80. The van der Waals surface area contributed by atoms with Crippen molar-refractivity contribution < 1.29 is 0 Å². The third-order valence-corrected chi connectivity index (χ3v) is 6.22. The van der Waals surface area contributed by atoms with E-state index < -0.39 is 0 Å². The molecule has 112 valence electrons. The van der Waals surface area contributed by atoms with Crippen LogP contribution in [0, 0.1) is 10.8 Å². The first-order valence-electron chi connectivity index (χ1n) is 8.54. The Balaban J connectivity index is 1.76. The van der Waals surface area contributed by atoms with Crippen LogP contribution in [0.2, 0.25) is 0 Å². The first kappa shape index (κ1) is 15.3. The lowest BCUT2D eigenvalue weighted by Crippen LogP contribution is -2.42. The molecule has 0 radical (unpaired) electrons. The molecule has 0 aromatic heterocycles. The second kappa shape index (κ2) is 6.58. The van der Waals surface area contributed by atoms with Gasteiger partial charge in [0.15, 0.2) is 0 Å². The van der Waals surface area contributed by atoms with Crippen LogP contribution in [0.1, 0.15) is 71.6 Å². The highest BCUT2D eigenvalue weighted by molar-refractivity contribution is 4.86. The number of rotatable bonds is 5. The van der Waals surface area contributed by atoms with Gasteiger partial charge in [-0.25, -0.2) is 0 Å². The van der Waals surface area contributed by atoms with E-state index >= 15 is 0 Å². The maximum atomic E-state index is 6.10. The summed E-state index contributed by atoms with van der Waals surface area (Å²) in [6, 6.07) is 0. The lowest BCUT2D eigenvalue weighted by Gasteiger charge is -2.42. The fourth-order valence-electron chi connectivity index (χ4n) is 3.92. The van der Waals surface area contributed by atoms with Crippen molar-refractivity contribution in [2.24, 2.45) is 16.6 Å². The van der Waals surface area contributed by atoms with E-state index in [1.54, 1.807) is 0 Å². The van der Waals surface area contributed by atoms with E-state index in [0.29, 0.717) is 10.8 Å². The molecule has 2 N–H and O–H groups in total. The Hall–Kier alpha value is -0.0800. The van der Waals surface area contributed by atoms with Gasteiger partial charge in [-0.2, -0.15) is 0 Å². The Kier molecular flexibility index (Phi) is 5.30. The van der Waals surface area contributed by atoms with Gasteiger partial charge in [-0.1, -0.05) is 39.5 Å². The Morgan fingerprint density at radius 2 is 1.63 bits per heavy atom. The molecule has 0 aromatic rings. The fourth-order valence-corrected chi connectivity index (χ4v) is 3.92. The quantitative estimate of drug-likeness (QED) is 0.820. The van der Waals surface area contributed by atoms with Gasteiger partial charge in [-0.15, -0.1) is 0 Å². The van der Waals surface area contributed by atoms with Crippen molar-refractivity contribution >= 4 is 0 Å². The van der Waals surface area contributed by atoms with E-state index in [-0.39, 0.29) is 0 Å². The molecule has 1 saturated heterocycles. The molecule has 0 unspecified atom stereocenters. The van der Waals surface area contributed by atoms with E-state index in [1.165, 1.54) is 77.4 Å². The van der Waals surface area contributed by atoms with Gasteiger partial charge >= 0.3 is 0 Å². The summed E-state index contributed by atoms with van der Waals surface area (Å²) in [5.41, 5.74) is 7.21. The first-order valence-corrected chi connectivity index (χ1v) is 8.54. The highest BCUT2D eigenvalue weighted by Gasteiger charge is 2.32. The number of likely N-dealkylation sites (tertiary alicyclic amines) is 1. The Morgan fingerprint density at radius 1 is 1.00 bits per heavy atom. The monoisotopic (exact) mass is 266 g/mol. The standard InChI is InChI=1S/C17H34N2/c1-3-16(2)9-12-19(13-10-16)14-11-17(15-18)7-5-4-6-8-17/h3-15,18H2,1-2H3. The van der Waals surface area contributed by atoms with Gasteiger partial charge in [0.25, 0.3) is 0 Å². The van der Waals surface area contributed by atoms with Crippen LogP contribution in [-0.4, -0.2) is 31.1 Å². The minimum atomic E-state index is 0.490. The first-order chi connectivity index (χ1) is 9.11. The van der Waals surface area contributed by atoms with Gasteiger partial charge < -0.3 is 10.6 Å². The van der Waals surface area contributed by atoms with E-state index in [1.807, 2.05) is 0 Å². The molecule has 1 aliphatic heterocycles. The predicted molar refractivity (Wildman–Crippen MR) is 83.3 cm³/mol. The number of hydrogen-bond acceptors (Lipinski definition) is 2. The zero-order valence-corrected chi connectivity index (χ0v) is 13.2. The van der Waals surface area contributed by atoms with Gasteiger partial charge in [0.2, 0.25) is 0 Å². The van der Waals surface area contributed by atoms with Gasteiger partial charge in [0.05, 0.1) is 0 Å². The van der Waals surface area contributed by atoms with Crippen molar-refractivity contribution in [1.29, 1.82) is 0 Å². The van der Waals surface area contributed by atoms with E-state index in [0.717, 1.165) is 6.54 Å². The van der Waals surface area contributed by atoms with Crippen LogP contribution in [0.4, 0.5) is 0 Å². The SMILES string of the molecule is CCC1(C)CCN(CCC2(CN)CCCCC2)CC1. The smallest absolute Gasteiger partial charge is 0.00130 e. The van der Waals surface area contributed by atoms with Crippen LogP contribution in [0.5, 0.6) is 0 Å². The zero-order chi connectivity index (χ0) is 13.8. The van der Waals surface area contributed by atoms with Gasteiger partial charge in [-0.3, -0.25) is 0 Å². The number of hydrogen-bond donors (Lipinski definition) is 1. The van der Waals surface area contributed by atoms with Gasteiger partial charge in [-0.05, 0) is 69.1 Å². The number of nitrogens with two attached hydrogens (primary N) is 1. The van der Waals surface area contributed by atoms with Crippen molar-refractivity contribution in [2.45, 2.75) is 71.6 Å². The van der Waals surface area contributed by atoms with Crippen molar-refractivity contribution in [2.75, 3.05) is 26.2 Å². The average molecular weight is 266 g/mol. The molecule has 2 nitrogen and oxygen atoms in total. The molecule has 2 heteroatoms. The van der Waals surface area contributed by atoms with Crippen LogP contribution in [-0.2, 0) is 0 Å². The molecular weight excluding hydrogens is 232 g/mol. The Morgan fingerprint density at radius 3 is 2.16 bits per heavy atom. The third kappa shape index (κ3) is 3.95. The fraction of sp³-hybridized carbons (Fsp3) is 1.00. The summed E-state index contributed by atoms with van der Waals surface area (Å²) in [5.74, 6) is 0. The summed E-state index contributed by atoms with van der Waals surface area (Å²) in [6.07, 6.45) is 12.5. The maximum Gasteiger partial charge on any atom is -0.00130 e. The zero-order valence-electron chi connectivity index (χ0n) is 13.2. The average Bonchev–Trinajstić information content (AvgIpc) is 2.48. The second-order valence-corrected chi connectivity index (χ2v) is 7.52. The highest BCUT2D eigenvalue weighted by Crippen LogP contribution is 2.39. The molecule has 0 aromatic carbocycles. The molecule has 0 atom stereocenters. The topological polar surface area (TPSA) is 29.3 Å². The molecule has 19 heavy (non-hydrogen) atoms. The van der Waals surface area contributed by atoms with Crippen LogP contribution in [0.25, 0.3) is 0 Å². The molecule has 2 aliphatic rings. The molecule has 0 amide bonds. The van der Waals surface area contributed by atoms with Crippen molar-refractivity contribution in [3.63, 3.8) is 0 Å². The summed E-state index contributed by atoms with van der Waals surface area (Å²) in [6.45, 7) is 9.63. The molecule has 0 spiro atoms. The van der Waals surface area contributed by atoms with Gasteiger partial charge in [0.1, 0.15) is 0 Å². The molecule has 1 heterocycles. The van der Waals surface area contributed by atoms with E-state index in [2.05, 4.69) is 18.7 Å². The Labute approximate surface area is 120 Å². The molecule has 1 saturated carbocycles. The molecule has 2 fully saturated rings. The summed E-state index contributed by atoms with van der Waals surface area (Å²) in [7, 11) is 0. The number of nitrogens with zero attached hydrogens (tertiary/aromatic N) is 1. The summed E-state index contributed by atoms with van der Waals surface area (Å²) < 4.78 is 0. The van der Waals surface area contributed by atoms with E-state index in [9.17, 15) is 0 Å². The van der Waals surface area contributed by atoms with E-state index in [4.69, 9.17) is 5.73 Å². The van der Waals surface area contributed by atoms with Crippen molar-refractivity contribution in [3.05, 3.63) is 0 Å².